The van der Waals surface area contributed by atoms with Crippen LogP contribution in [-0.4, -0.2) is 18.6 Å². The Morgan fingerprint density at radius 1 is 1.03 bits per heavy atom. The van der Waals surface area contributed by atoms with E-state index >= 15 is 0 Å². The maximum atomic E-state index is 13.3. The normalized spacial score (nSPS) is 16.8. The van der Waals surface area contributed by atoms with Gasteiger partial charge in [0.1, 0.15) is 17.1 Å². The van der Waals surface area contributed by atoms with Gasteiger partial charge in [-0.15, -0.1) is 0 Å². The van der Waals surface area contributed by atoms with Crippen molar-refractivity contribution in [2.24, 2.45) is 0 Å². The van der Waals surface area contributed by atoms with Gasteiger partial charge >= 0.3 is 0 Å². The summed E-state index contributed by atoms with van der Waals surface area (Å²) in [4.78, 5) is 13.3. The molecule has 1 atom stereocenters. The number of hydrogen-bond acceptors (Lipinski definition) is 3. The van der Waals surface area contributed by atoms with Crippen molar-refractivity contribution < 1.29 is 14.3 Å². The first-order valence-electron chi connectivity index (χ1n) is 10.7. The summed E-state index contributed by atoms with van der Waals surface area (Å²) >= 11 is 0. The first kappa shape index (κ1) is 21.0. The number of methoxy groups -OCH3 is 1. The van der Waals surface area contributed by atoms with Gasteiger partial charge in [-0.05, 0) is 43.2 Å². The summed E-state index contributed by atoms with van der Waals surface area (Å²) in [5.74, 6) is 1.58. The Bertz CT molecular complexity index is 991. The van der Waals surface area contributed by atoms with Crippen molar-refractivity contribution in [3.63, 3.8) is 0 Å². The molecule has 4 heteroatoms. The average molecular weight is 416 g/mol. The number of hydrogen-bond donors (Lipinski definition) is 1. The number of amides is 1. The third kappa shape index (κ3) is 4.91. The first-order chi connectivity index (χ1) is 14.9. The Labute approximate surface area is 184 Å². The topological polar surface area (TPSA) is 47.6 Å². The first-order valence-corrected chi connectivity index (χ1v) is 10.7. The zero-order valence-corrected chi connectivity index (χ0v) is 18.3. The molecule has 0 saturated carbocycles. The quantitative estimate of drug-likeness (QED) is 0.567. The number of carbonyl (C=O) groups is 1. The molecule has 0 spiro atoms. The molecule has 1 aliphatic rings. The van der Waals surface area contributed by atoms with E-state index in [1.165, 1.54) is 0 Å². The van der Waals surface area contributed by atoms with Gasteiger partial charge in [-0.3, -0.25) is 4.79 Å². The molecule has 0 unspecified atom stereocenters. The van der Waals surface area contributed by atoms with Gasteiger partial charge in [0.05, 0.1) is 13.2 Å². The largest absolute Gasteiger partial charge is 0.497 e. The fourth-order valence-electron chi connectivity index (χ4n) is 4.33. The van der Waals surface area contributed by atoms with Crippen LogP contribution in [0.25, 0.3) is 0 Å². The van der Waals surface area contributed by atoms with Crippen molar-refractivity contribution in [2.75, 3.05) is 7.11 Å². The smallest absolute Gasteiger partial charge is 0.221 e. The summed E-state index contributed by atoms with van der Waals surface area (Å²) < 4.78 is 11.5. The predicted octanol–water partition coefficient (Wildman–Crippen LogP) is 5.64. The molecule has 4 nitrogen and oxygen atoms in total. The van der Waals surface area contributed by atoms with Crippen molar-refractivity contribution in [1.82, 2.24) is 5.32 Å². The molecule has 0 radical (unpaired) electrons. The molecule has 31 heavy (non-hydrogen) atoms. The highest BCUT2D eigenvalue weighted by Crippen LogP contribution is 2.41. The third-order valence-electron chi connectivity index (χ3n) is 5.80. The molecule has 3 aromatic carbocycles. The van der Waals surface area contributed by atoms with Crippen LogP contribution in [0.5, 0.6) is 11.5 Å². The number of ether oxygens (including phenoxy) is 2. The molecule has 0 bridgehead atoms. The lowest BCUT2D eigenvalue weighted by Crippen LogP contribution is -2.41. The summed E-state index contributed by atoms with van der Waals surface area (Å²) in [6.45, 7) is 4.10. The SMILES string of the molecule is COc1ccc2c(c1)[C@@H](NC(=O)CC(c1ccccc1)c1ccccc1)CC(C)(C)O2. The molecule has 0 aromatic heterocycles. The van der Waals surface area contributed by atoms with Gasteiger partial charge in [0.15, 0.2) is 0 Å². The maximum Gasteiger partial charge on any atom is 0.221 e. The minimum absolute atomic E-state index is 0.0000284. The van der Waals surface area contributed by atoms with E-state index in [0.717, 1.165) is 28.2 Å². The Morgan fingerprint density at radius 2 is 1.65 bits per heavy atom. The lowest BCUT2D eigenvalue weighted by molar-refractivity contribution is -0.122. The number of benzene rings is 3. The van der Waals surface area contributed by atoms with E-state index in [2.05, 4.69) is 43.4 Å². The summed E-state index contributed by atoms with van der Waals surface area (Å²) in [5.41, 5.74) is 2.87. The molecule has 1 aliphatic heterocycles. The van der Waals surface area contributed by atoms with Crippen molar-refractivity contribution in [3.8, 4) is 11.5 Å². The zero-order valence-electron chi connectivity index (χ0n) is 18.3. The molecule has 3 aromatic rings. The lowest BCUT2D eigenvalue weighted by atomic mass is 9.87. The highest BCUT2D eigenvalue weighted by molar-refractivity contribution is 5.78. The van der Waals surface area contributed by atoms with Crippen LogP contribution >= 0.6 is 0 Å². The Hall–Kier alpha value is -3.27. The van der Waals surface area contributed by atoms with E-state index in [1.54, 1.807) is 7.11 Å². The predicted molar refractivity (Wildman–Crippen MR) is 123 cm³/mol. The van der Waals surface area contributed by atoms with E-state index < -0.39 is 0 Å². The van der Waals surface area contributed by atoms with Crippen LogP contribution in [0.15, 0.2) is 78.9 Å². The van der Waals surface area contributed by atoms with Crippen LogP contribution in [0.3, 0.4) is 0 Å². The second-order valence-electron chi connectivity index (χ2n) is 8.67. The van der Waals surface area contributed by atoms with Crippen molar-refractivity contribution in [1.29, 1.82) is 0 Å². The van der Waals surface area contributed by atoms with Gasteiger partial charge in [0, 0.05) is 24.3 Å². The maximum absolute atomic E-state index is 13.3. The number of rotatable bonds is 6. The fourth-order valence-corrected chi connectivity index (χ4v) is 4.33. The number of nitrogens with one attached hydrogen (secondary N) is 1. The molecule has 0 aliphatic carbocycles. The Kier molecular flexibility index (Phi) is 5.99. The summed E-state index contributed by atoms with van der Waals surface area (Å²) in [7, 11) is 1.65. The van der Waals surface area contributed by atoms with Gasteiger partial charge in [-0.1, -0.05) is 60.7 Å². The minimum Gasteiger partial charge on any atom is -0.497 e. The van der Waals surface area contributed by atoms with Gasteiger partial charge in [0.2, 0.25) is 5.91 Å². The van der Waals surface area contributed by atoms with Crippen molar-refractivity contribution >= 4 is 5.91 Å². The van der Waals surface area contributed by atoms with Crippen molar-refractivity contribution in [3.05, 3.63) is 95.6 Å². The second kappa shape index (κ2) is 8.84. The average Bonchev–Trinajstić information content (AvgIpc) is 2.78. The highest BCUT2D eigenvalue weighted by atomic mass is 16.5. The van der Waals surface area contributed by atoms with Crippen LogP contribution in [0, 0.1) is 0 Å². The third-order valence-corrected chi connectivity index (χ3v) is 5.80. The number of carbonyl (C=O) groups excluding carboxylic acids is 1. The minimum atomic E-state index is -0.363. The van der Waals surface area contributed by atoms with E-state index in [9.17, 15) is 4.79 Å². The molecule has 1 N–H and O–H groups in total. The van der Waals surface area contributed by atoms with Crippen LogP contribution < -0.4 is 14.8 Å². The molecule has 0 fully saturated rings. The standard InChI is InChI=1S/C27H29NO3/c1-27(2)18-24(23-16-21(30-3)14-15-25(23)31-27)28-26(29)17-22(19-10-6-4-7-11-19)20-12-8-5-9-13-20/h4-16,22,24H,17-18H2,1-3H3,(H,28,29)/t24-/m0/s1. The second-order valence-corrected chi connectivity index (χ2v) is 8.67. The molecule has 160 valence electrons. The lowest BCUT2D eigenvalue weighted by Gasteiger charge is -2.38. The molecule has 0 saturated heterocycles. The summed E-state index contributed by atoms with van der Waals surface area (Å²) in [5, 5.41) is 3.28. The van der Waals surface area contributed by atoms with E-state index in [0.29, 0.717) is 12.8 Å². The van der Waals surface area contributed by atoms with Crippen molar-refractivity contribution in [2.45, 2.75) is 44.2 Å². The van der Waals surface area contributed by atoms with E-state index in [4.69, 9.17) is 9.47 Å². The monoisotopic (exact) mass is 415 g/mol. The van der Waals surface area contributed by atoms with Gasteiger partial charge in [0.25, 0.3) is 0 Å². The molecule has 1 heterocycles. The molecular formula is C27H29NO3. The fraction of sp³-hybridized carbons (Fsp3) is 0.296. The van der Waals surface area contributed by atoms with E-state index in [-0.39, 0.29) is 23.5 Å². The van der Waals surface area contributed by atoms with Crippen LogP contribution in [0.2, 0.25) is 0 Å². The number of fused-ring (bicyclic) bond motifs is 1. The van der Waals surface area contributed by atoms with Crippen LogP contribution in [0.4, 0.5) is 0 Å². The van der Waals surface area contributed by atoms with Gasteiger partial charge in [-0.25, -0.2) is 0 Å². The van der Waals surface area contributed by atoms with Crippen LogP contribution in [-0.2, 0) is 4.79 Å². The van der Waals surface area contributed by atoms with Crippen LogP contribution in [0.1, 0.15) is 55.3 Å². The zero-order chi connectivity index (χ0) is 21.8. The molecule has 1 amide bonds. The summed E-state index contributed by atoms with van der Waals surface area (Å²) in [6.07, 6.45) is 1.07. The molecule has 4 rings (SSSR count). The van der Waals surface area contributed by atoms with Gasteiger partial charge < -0.3 is 14.8 Å². The van der Waals surface area contributed by atoms with Gasteiger partial charge in [-0.2, -0.15) is 0 Å². The molecular weight excluding hydrogens is 386 g/mol. The van der Waals surface area contributed by atoms with E-state index in [1.807, 2.05) is 54.6 Å². The summed E-state index contributed by atoms with van der Waals surface area (Å²) in [6, 6.07) is 26.1. The Balaban J connectivity index is 1.58. The highest BCUT2D eigenvalue weighted by Gasteiger charge is 2.35. The Morgan fingerprint density at radius 3 is 2.23 bits per heavy atom.